The molecule has 0 atom stereocenters. The van der Waals surface area contributed by atoms with Gasteiger partial charge in [0.2, 0.25) is 0 Å². The summed E-state index contributed by atoms with van der Waals surface area (Å²) in [6.45, 7) is 0. The monoisotopic (exact) mass is 984 g/mol. The van der Waals surface area contributed by atoms with Crippen molar-refractivity contribution >= 4 is 131 Å². The summed E-state index contributed by atoms with van der Waals surface area (Å²) in [4.78, 5) is 0. The summed E-state index contributed by atoms with van der Waals surface area (Å²) in [5.74, 6) is 0. The van der Waals surface area contributed by atoms with Gasteiger partial charge < -0.3 is 27.1 Å². The molecule has 350 valence electrons. The Hall–Kier alpha value is -10.8. The second-order valence-electron chi connectivity index (χ2n) is 18.5. The molecule has 8 heteroatoms. The standard InChI is InChI=1S/C68H36N6O2/c69-37-49-63(73-55-29-13-5-21-43(55)45-33-35-59-61(64(45)73)47-23-7-15-31-57(47)75-59)50(38-70)67(72-53-27-11-3-19-41(53)42-20-4-12-28-54(42)72)68(66(49)71-51-25-9-1-17-39(51)40-18-2-10-26-52(40)71)74-56-30-14-6-22-44(56)46-34-36-60-62(65(46)74)48-24-8-16-32-58(48)76-60/h1-36H/i1D,2D,3D,4D,9D,10D,11D,12D,17D,18D,19D,20D,25D,26D,27D,28D. The minimum atomic E-state index is -0.801. The molecular formula is C68H36N6O2. The Morgan fingerprint density at radius 2 is 0.658 bits per heavy atom. The van der Waals surface area contributed by atoms with Crippen molar-refractivity contribution in [2.24, 2.45) is 0 Å². The molecule has 0 fully saturated rings. The maximum atomic E-state index is 12.9. The SMILES string of the molecule is [2H]c1c([2H])c([2H])c2c(c1[2H])c1c([2H])c([2H])c([2H])c([2H])c1n2-c1c(C#N)c(-n2c3ccccc3c3ccc4oc5ccccc5c4c32)c(C#N)c(-n2c3c([2H])c([2H])c([2H])c([2H])c3c3c([2H])c([2H])c([2H])c([2H])c32)c1-n1c2ccccc2c2ccc3oc4ccccc4c3c21. The first-order valence-electron chi connectivity index (χ1n) is 32.1. The molecule has 8 nitrogen and oxygen atoms in total. The number of furan rings is 2. The number of aromatic nitrogens is 4. The highest BCUT2D eigenvalue weighted by molar-refractivity contribution is 6.27. The Balaban J connectivity index is 1.30. The van der Waals surface area contributed by atoms with E-state index in [1.807, 2.05) is 42.5 Å². The highest BCUT2D eigenvalue weighted by Gasteiger charge is 2.35. The van der Waals surface area contributed by atoms with Gasteiger partial charge in [-0.15, -0.1) is 0 Å². The van der Waals surface area contributed by atoms with Crippen LogP contribution in [0.3, 0.4) is 0 Å². The van der Waals surface area contributed by atoms with Crippen LogP contribution in [0.25, 0.3) is 154 Å². The summed E-state index contributed by atoms with van der Waals surface area (Å²) >= 11 is 0. The molecule has 17 aromatic rings. The second kappa shape index (κ2) is 14.9. The lowest BCUT2D eigenvalue weighted by atomic mass is 9.98. The third-order valence-electron chi connectivity index (χ3n) is 14.9. The summed E-state index contributed by atoms with van der Waals surface area (Å²) < 4.78 is 172. The quantitative estimate of drug-likeness (QED) is 0.176. The van der Waals surface area contributed by atoms with Crippen LogP contribution < -0.4 is 0 Å². The van der Waals surface area contributed by atoms with Crippen molar-refractivity contribution in [1.29, 1.82) is 10.5 Å². The van der Waals surface area contributed by atoms with Crippen LogP contribution >= 0.6 is 0 Å². The molecule has 0 saturated heterocycles. The van der Waals surface area contributed by atoms with Gasteiger partial charge in [0.1, 0.15) is 45.6 Å². The Kier molecular flexibility index (Phi) is 5.58. The smallest absolute Gasteiger partial charge is 0.137 e. The molecule has 0 saturated carbocycles. The molecule has 0 aliphatic rings. The Bertz CT molecular complexity index is 6160. The van der Waals surface area contributed by atoms with E-state index in [0.717, 1.165) is 0 Å². The zero-order valence-corrected chi connectivity index (χ0v) is 39.0. The van der Waals surface area contributed by atoms with E-state index >= 15 is 0 Å². The number of hydrogen-bond donors (Lipinski definition) is 0. The van der Waals surface area contributed by atoms with Crippen molar-refractivity contribution in [1.82, 2.24) is 18.3 Å². The number of hydrogen-bond acceptors (Lipinski definition) is 4. The normalized spacial score (nSPS) is 15.1. The van der Waals surface area contributed by atoms with Crippen LogP contribution in [-0.4, -0.2) is 18.3 Å². The van der Waals surface area contributed by atoms with E-state index in [0.29, 0.717) is 87.5 Å². The second-order valence-corrected chi connectivity index (χ2v) is 18.5. The van der Waals surface area contributed by atoms with E-state index in [1.165, 1.54) is 9.13 Å². The van der Waals surface area contributed by atoms with Gasteiger partial charge in [0.05, 0.1) is 99.6 Å². The summed E-state index contributed by atoms with van der Waals surface area (Å²) in [5.41, 5.74) is -1.11. The highest BCUT2D eigenvalue weighted by atomic mass is 16.3. The third kappa shape index (κ3) is 5.09. The van der Waals surface area contributed by atoms with Crippen molar-refractivity contribution in [2.75, 3.05) is 0 Å². The van der Waals surface area contributed by atoms with Gasteiger partial charge >= 0.3 is 0 Å². The molecule has 0 spiro atoms. The molecular weight excluding hydrogens is 933 g/mol. The Morgan fingerprint density at radius 1 is 0.303 bits per heavy atom. The molecule has 11 aromatic carbocycles. The van der Waals surface area contributed by atoms with E-state index in [9.17, 15) is 27.0 Å². The molecule has 0 radical (unpaired) electrons. The van der Waals surface area contributed by atoms with E-state index in [1.54, 1.807) is 88.0 Å². The van der Waals surface area contributed by atoms with Crippen LogP contribution in [0.4, 0.5) is 0 Å². The van der Waals surface area contributed by atoms with Gasteiger partial charge in [-0.3, -0.25) is 0 Å². The molecule has 0 aliphatic carbocycles. The molecule has 0 bridgehead atoms. The van der Waals surface area contributed by atoms with Crippen molar-refractivity contribution in [3.8, 4) is 34.9 Å². The summed E-state index contributed by atoms with van der Waals surface area (Å²) in [7, 11) is 0. The minimum Gasteiger partial charge on any atom is -0.456 e. The van der Waals surface area contributed by atoms with Gasteiger partial charge in [0.15, 0.2) is 0 Å². The maximum absolute atomic E-state index is 12.9. The van der Waals surface area contributed by atoms with Gasteiger partial charge in [0.25, 0.3) is 0 Å². The summed E-state index contributed by atoms with van der Waals surface area (Å²) in [6, 6.07) is 28.7. The van der Waals surface area contributed by atoms with Crippen LogP contribution in [0.15, 0.2) is 227 Å². The summed E-state index contributed by atoms with van der Waals surface area (Å²) in [6.07, 6.45) is 0. The first-order valence-corrected chi connectivity index (χ1v) is 24.1. The van der Waals surface area contributed by atoms with Crippen molar-refractivity contribution in [3.63, 3.8) is 0 Å². The van der Waals surface area contributed by atoms with Crippen LogP contribution in [0, 0.1) is 22.7 Å². The van der Waals surface area contributed by atoms with E-state index in [-0.39, 0.29) is 32.9 Å². The minimum absolute atomic E-state index is 0.277. The number of rotatable bonds is 4. The lowest BCUT2D eigenvalue weighted by Gasteiger charge is -2.27. The molecule has 0 aliphatic heterocycles. The van der Waals surface area contributed by atoms with Crippen LogP contribution in [0.1, 0.15) is 33.1 Å². The largest absolute Gasteiger partial charge is 0.456 e. The molecule has 0 amide bonds. The fourth-order valence-electron chi connectivity index (χ4n) is 12.1. The topological polar surface area (TPSA) is 93.6 Å². The molecule has 0 unspecified atom stereocenters. The van der Waals surface area contributed by atoms with Crippen LogP contribution in [0.5, 0.6) is 0 Å². The third-order valence-corrected chi connectivity index (χ3v) is 14.9. The molecule has 6 heterocycles. The number of nitrogens with zero attached hydrogens (tertiary/aromatic N) is 6. The van der Waals surface area contributed by atoms with Crippen molar-refractivity contribution in [3.05, 3.63) is 229 Å². The van der Waals surface area contributed by atoms with E-state index < -0.39 is 141 Å². The molecule has 6 aromatic heterocycles. The van der Waals surface area contributed by atoms with Crippen molar-refractivity contribution in [2.45, 2.75) is 0 Å². The first-order chi connectivity index (χ1) is 44.3. The molecule has 0 N–H and O–H groups in total. The predicted octanol–water partition coefficient (Wildman–Crippen LogP) is 17.6. The fraction of sp³-hybridized carbons (Fsp3) is 0. The number of para-hydroxylation sites is 8. The lowest BCUT2D eigenvalue weighted by molar-refractivity contribution is 0.669. The molecule has 17 rings (SSSR count). The average molecular weight is 985 g/mol. The first kappa shape index (κ1) is 28.4. The maximum Gasteiger partial charge on any atom is 0.137 e. The summed E-state index contributed by atoms with van der Waals surface area (Å²) in [5, 5.41) is 28.8. The predicted molar refractivity (Wildman–Crippen MR) is 308 cm³/mol. The van der Waals surface area contributed by atoms with E-state index in [4.69, 9.17) is 14.3 Å². The van der Waals surface area contributed by atoms with Crippen molar-refractivity contribution < 1.29 is 30.8 Å². The zero-order chi connectivity index (χ0) is 63.8. The van der Waals surface area contributed by atoms with Gasteiger partial charge in [-0.1, -0.05) is 145 Å². The van der Waals surface area contributed by atoms with Gasteiger partial charge in [-0.2, -0.15) is 10.5 Å². The van der Waals surface area contributed by atoms with E-state index in [2.05, 4.69) is 12.1 Å². The van der Waals surface area contributed by atoms with Crippen LogP contribution in [-0.2, 0) is 0 Å². The van der Waals surface area contributed by atoms with Gasteiger partial charge in [0, 0.05) is 53.9 Å². The fourth-order valence-corrected chi connectivity index (χ4v) is 12.1. The Labute approximate surface area is 453 Å². The van der Waals surface area contributed by atoms with Gasteiger partial charge in [-0.05, 0) is 72.7 Å². The van der Waals surface area contributed by atoms with Crippen LogP contribution in [0.2, 0.25) is 0 Å². The van der Waals surface area contributed by atoms with Gasteiger partial charge in [-0.25, -0.2) is 0 Å². The Morgan fingerprint density at radius 3 is 1.07 bits per heavy atom. The number of benzene rings is 11. The highest BCUT2D eigenvalue weighted by Crippen LogP contribution is 2.51. The number of nitriles is 2. The zero-order valence-electron chi connectivity index (χ0n) is 55.0. The molecule has 76 heavy (non-hydrogen) atoms. The number of fused-ring (bicyclic) bond motifs is 20. The lowest BCUT2D eigenvalue weighted by Crippen LogP contribution is -2.17. The average Bonchev–Trinajstić information content (AvgIpc) is 1.47.